The Morgan fingerprint density at radius 3 is 2.00 bits per heavy atom. The number of ether oxygens (including phenoxy) is 3. The van der Waals surface area contributed by atoms with E-state index in [0.29, 0.717) is 22.8 Å². The van der Waals surface area contributed by atoms with Gasteiger partial charge in [0.25, 0.3) is 10.0 Å². The molecule has 0 spiro atoms. The molecule has 0 aliphatic rings. The van der Waals surface area contributed by atoms with Gasteiger partial charge in [0.05, 0.1) is 32.3 Å². The van der Waals surface area contributed by atoms with Crippen LogP contribution >= 0.6 is 0 Å². The summed E-state index contributed by atoms with van der Waals surface area (Å²) in [6, 6.07) is 8.21. The molecule has 0 aliphatic carbocycles. The van der Waals surface area contributed by atoms with Crippen LogP contribution in [0.1, 0.15) is 5.56 Å². The highest BCUT2D eigenvalue weighted by Gasteiger charge is 2.13. The number of hydrogen-bond donors (Lipinski definition) is 1. The highest BCUT2D eigenvalue weighted by Crippen LogP contribution is 2.35. The van der Waals surface area contributed by atoms with Crippen LogP contribution < -0.4 is 18.9 Å². The van der Waals surface area contributed by atoms with Gasteiger partial charge in [0.15, 0.2) is 0 Å². The number of nitrogens with one attached hydrogen (secondary N) is 1. The van der Waals surface area contributed by atoms with Gasteiger partial charge in [-0.15, -0.1) is 0 Å². The molecule has 25 heavy (non-hydrogen) atoms. The van der Waals surface area contributed by atoms with Crippen molar-refractivity contribution in [1.82, 2.24) is 0 Å². The van der Waals surface area contributed by atoms with E-state index in [4.69, 9.17) is 14.2 Å². The minimum Gasteiger partial charge on any atom is -0.496 e. The van der Waals surface area contributed by atoms with Crippen LogP contribution in [0.5, 0.6) is 17.2 Å². The fourth-order valence-electron chi connectivity index (χ4n) is 2.07. The number of anilines is 1. The Labute approximate surface area is 145 Å². The van der Waals surface area contributed by atoms with Crippen LogP contribution in [0.15, 0.2) is 41.8 Å². The second-order valence-corrected chi connectivity index (χ2v) is 6.47. The van der Waals surface area contributed by atoms with E-state index in [0.717, 1.165) is 17.5 Å². The van der Waals surface area contributed by atoms with Gasteiger partial charge < -0.3 is 14.2 Å². The Morgan fingerprint density at radius 1 is 0.960 bits per heavy atom. The summed E-state index contributed by atoms with van der Waals surface area (Å²) < 4.78 is 55.2. The third-order valence-corrected chi connectivity index (χ3v) is 4.29. The molecular formula is C17H18FNO5S. The third kappa shape index (κ3) is 4.87. The molecule has 0 saturated carbocycles. The molecule has 0 fully saturated rings. The van der Waals surface area contributed by atoms with E-state index in [9.17, 15) is 12.8 Å². The zero-order valence-corrected chi connectivity index (χ0v) is 14.8. The smallest absolute Gasteiger partial charge is 0.255 e. The summed E-state index contributed by atoms with van der Waals surface area (Å²) in [5.74, 6) is 0.846. The van der Waals surface area contributed by atoms with Crippen LogP contribution in [-0.2, 0) is 10.0 Å². The van der Waals surface area contributed by atoms with Crippen molar-refractivity contribution in [2.75, 3.05) is 26.1 Å². The first-order valence-electron chi connectivity index (χ1n) is 7.15. The lowest BCUT2D eigenvalue weighted by molar-refractivity contribution is 0.374. The zero-order chi connectivity index (χ0) is 18.4. The second kappa shape index (κ2) is 7.89. The number of benzene rings is 2. The van der Waals surface area contributed by atoms with Crippen LogP contribution in [0.2, 0.25) is 0 Å². The van der Waals surface area contributed by atoms with Crippen molar-refractivity contribution in [1.29, 1.82) is 0 Å². The molecule has 0 heterocycles. The van der Waals surface area contributed by atoms with E-state index >= 15 is 0 Å². The largest absolute Gasteiger partial charge is 0.496 e. The van der Waals surface area contributed by atoms with Crippen LogP contribution in [0.4, 0.5) is 10.1 Å². The summed E-state index contributed by atoms with van der Waals surface area (Å²) in [6.07, 6.45) is 1.35. The Morgan fingerprint density at radius 2 is 1.52 bits per heavy atom. The summed E-state index contributed by atoms with van der Waals surface area (Å²) in [6.45, 7) is 0. The third-order valence-electron chi connectivity index (χ3n) is 3.27. The number of rotatable bonds is 7. The number of sulfonamides is 1. The molecule has 0 bridgehead atoms. The van der Waals surface area contributed by atoms with Crippen molar-refractivity contribution < 1.29 is 27.0 Å². The van der Waals surface area contributed by atoms with Crippen molar-refractivity contribution in [3.8, 4) is 17.2 Å². The molecular weight excluding hydrogens is 349 g/mol. The van der Waals surface area contributed by atoms with Crippen molar-refractivity contribution in [2.45, 2.75) is 0 Å². The molecule has 0 unspecified atom stereocenters. The lowest BCUT2D eigenvalue weighted by atomic mass is 10.1. The van der Waals surface area contributed by atoms with Crippen molar-refractivity contribution in [3.63, 3.8) is 0 Å². The monoisotopic (exact) mass is 367 g/mol. The highest BCUT2D eigenvalue weighted by molar-refractivity contribution is 7.95. The maximum atomic E-state index is 12.9. The predicted molar refractivity (Wildman–Crippen MR) is 94.1 cm³/mol. The molecule has 0 atom stereocenters. The first kappa shape index (κ1) is 18.6. The molecule has 0 radical (unpaired) electrons. The topological polar surface area (TPSA) is 73.9 Å². The number of hydrogen-bond acceptors (Lipinski definition) is 5. The molecule has 0 saturated heterocycles. The van der Waals surface area contributed by atoms with Crippen LogP contribution in [0.3, 0.4) is 0 Å². The fourth-order valence-corrected chi connectivity index (χ4v) is 2.92. The van der Waals surface area contributed by atoms with E-state index in [1.54, 1.807) is 12.1 Å². The Balaban J connectivity index is 2.32. The van der Waals surface area contributed by atoms with Gasteiger partial charge in [0, 0.05) is 17.8 Å². The average molecular weight is 367 g/mol. The molecule has 0 aliphatic heterocycles. The highest BCUT2D eigenvalue weighted by atomic mass is 32.2. The van der Waals surface area contributed by atoms with Crippen LogP contribution in [0.25, 0.3) is 6.08 Å². The SMILES string of the molecule is COc1cc(OC)c(C=CS(=O)(=O)Nc2ccc(F)cc2)c(OC)c1. The molecule has 2 aromatic rings. The predicted octanol–water partition coefficient (Wildman–Crippen LogP) is 3.26. The van der Waals surface area contributed by atoms with Crippen molar-refractivity contribution >= 4 is 21.8 Å². The molecule has 2 aromatic carbocycles. The summed E-state index contributed by atoms with van der Waals surface area (Å²) in [7, 11) is 0.604. The van der Waals surface area contributed by atoms with E-state index in [2.05, 4.69) is 4.72 Å². The molecule has 6 nitrogen and oxygen atoms in total. The summed E-state index contributed by atoms with van der Waals surface area (Å²) >= 11 is 0. The molecule has 1 N–H and O–H groups in total. The van der Waals surface area contributed by atoms with Gasteiger partial charge in [-0.25, -0.2) is 12.8 Å². The summed E-state index contributed by atoms with van der Waals surface area (Å²) in [5, 5.41) is 0.975. The van der Waals surface area contributed by atoms with Gasteiger partial charge in [-0.1, -0.05) is 0 Å². The number of methoxy groups -OCH3 is 3. The fraction of sp³-hybridized carbons (Fsp3) is 0.176. The number of halogens is 1. The Hall–Kier alpha value is -2.74. The Bertz CT molecular complexity index is 838. The van der Waals surface area contributed by atoms with Gasteiger partial charge in [-0.3, -0.25) is 4.72 Å². The quantitative estimate of drug-likeness (QED) is 0.813. The summed E-state index contributed by atoms with van der Waals surface area (Å²) in [5.41, 5.74) is 0.690. The van der Waals surface area contributed by atoms with Gasteiger partial charge in [0.2, 0.25) is 0 Å². The molecule has 8 heteroatoms. The molecule has 2 rings (SSSR count). The van der Waals surface area contributed by atoms with Crippen molar-refractivity contribution in [3.05, 3.63) is 53.2 Å². The standard InChI is InChI=1S/C17H18FNO5S/c1-22-14-10-16(23-2)15(17(11-14)24-3)8-9-25(20,21)19-13-6-4-12(18)5-7-13/h4-11,19H,1-3H3. The first-order chi connectivity index (χ1) is 11.9. The van der Waals surface area contributed by atoms with E-state index in [-0.39, 0.29) is 5.69 Å². The molecule has 0 aromatic heterocycles. The maximum absolute atomic E-state index is 12.9. The van der Waals surface area contributed by atoms with E-state index in [1.807, 2.05) is 0 Å². The van der Waals surface area contributed by atoms with Crippen LogP contribution in [-0.4, -0.2) is 29.7 Å². The van der Waals surface area contributed by atoms with Gasteiger partial charge in [-0.05, 0) is 30.3 Å². The molecule has 0 amide bonds. The average Bonchev–Trinajstić information content (AvgIpc) is 2.61. The van der Waals surface area contributed by atoms with E-state index < -0.39 is 15.8 Å². The lowest BCUT2D eigenvalue weighted by Gasteiger charge is -2.12. The maximum Gasteiger partial charge on any atom is 0.255 e. The van der Waals surface area contributed by atoms with E-state index in [1.165, 1.54) is 39.5 Å². The van der Waals surface area contributed by atoms with Crippen molar-refractivity contribution in [2.24, 2.45) is 0 Å². The minimum atomic E-state index is -3.81. The minimum absolute atomic E-state index is 0.250. The van der Waals surface area contributed by atoms with Crippen LogP contribution in [0, 0.1) is 5.82 Å². The lowest BCUT2D eigenvalue weighted by Crippen LogP contribution is -2.08. The van der Waals surface area contributed by atoms with Gasteiger partial charge in [0.1, 0.15) is 23.1 Å². The summed E-state index contributed by atoms with van der Waals surface area (Å²) in [4.78, 5) is 0. The second-order valence-electron chi connectivity index (χ2n) is 4.90. The first-order valence-corrected chi connectivity index (χ1v) is 8.69. The zero-order valence-electron chi connectivity index (χ0n) is 13.9. The van der Waals surface area contributed by atoms with Gasteiger partial charge >= 0.3 is 0 Å². The normalized spacial score (nSPS) is 11.4. The Kier molecular flexibility index (Phi) is 5.87. The molecule has 134 valence electrons. The van der Waals surface area contributed by atoms with Gasteiger partial charge in [-0.2, -0.15) is 0 Å².